The van der Waals surface area contributed by atoms with E-state index in [1.54, 1.807) is 50.2 Å². The molecule has 2 aromatic carbocycles. The van der Waals surface area contributed by atoms with Crippen molar-refractivity contribution in [1.29, 1.82) is 0 Å². The molecule has 0 unspecified atom stereocenters. The second-order valence-corrected chi connectivity index (χ2v) is 9.99. The number of halogens is 1. The molecule has 3 aromatic rings. The molecule has 3 N–H and O–H groups in total. The van der Waals surface area contributed by atoms with Gasteiger partial charge in [0.2, 0.25) is 0 Å². The van der Waals surface area contributed by atoms with E-state index in [2.05, 4.69) is 31.0 Å². The van der Waals surface area contributed by atoms with Crippen LogP contribution < -0.4 is 10.0 Å². The van der Waals surface area contributed by atoms with E-state index in [9.17, 15) is 18.0 Å². The molecule has 1 aromatic heterocycles. The highest BCUT2D eigenvalue weighted by atomic mass is 79.9. The smallest absolute Gasteiger partial charge is 0.272 e. The molecular formula is C23H24BrN3O4S. The van der Waals surface area contributed by atoms with Crippen LogP contribution in [0.25, 0.3) is 0 Å². The molecule has 0 aliphatic rings. The normalized spacial score (nSPS) is 11.3. The highest BCUT2D eigenvalue weighted by Crippen LogP contribution is 2.26. The number of nitrogens with one attached hydrogen (secondary N) is 3. The van der Waals surface area contributed by atoms with Gasteiger partial charge in [0.15, 0.2) is 5.78 Å². The standard InChI is InChI=1S/C23H24BrN3O4S/c1-5-16-6-9-19(26-23(29)22-13(2)21(15(4)28)14(3)25-22)12-20(16)32(30,31)27-18-10-7-17(24)8-11-18/h6-12,25,27H,5H2,1-4H3,(H,26,29). The molecule has 0 aliphatic carbocycles. The van der Waals surface area contributed by atoms with Crippen molar-refractivity contribution < 1.29 is 18.0 Å². The first-order chi connectivity index (χ1) is 15.0. The molecule has 32 heavy (non-hydrogen) atoms. The average molecular weight is 518 g/mol. The molecule has 1 heterocycles. The number of anilines is 2. The molecule has 3 rings (SSSR count). The van der Waals surface area contributed by atoms with E-state index in [0.717, 1.165) is 4.47 Å². The summed E-state index contributed by atoms with van der Waals surface area (Å²) in [5.74, 6) is -0.582. The molecule has 0 atom stereocenters. The quantitative estimate of drug-likeness (QED) is 0.373. The Morgan fingerprint density at radius 3 is 2.22 bits per heavy atom. The molecular weight excluding hydrogens is 494 g/mol. The maximum absolute atomic E-state index is 13.1. The van der Waals surface area contributed by atoms with Crippen molar-refractivity contribution in [2.75, 3.05) is 10.0 Å². The molecule has 168 valence electrons. The summed E-state index contributed by atoms with van der Waals surface area (Å²) in [6.07, 6.45) is 0.502. The van der Waals surface area contributed by atoms with E-state index >= 15 is 0 Å². The van der Waals surface area contributed by atoms with Crippen molar-refractivity contribution in [3.8, 4) is 0 Å². The lowest BCUT2D eigenvalue weighted by Crippen LogP contribution is -2.17. The first kappa shape index (κ1) is 23.7. The van der Waals surface area contributed by atoms with Gasteiger partial charge in [0.05, 0.1) is 4.90 Å². The van der Waals surface area contributed by atoms with Crippen LogP contribution in [0.2, 0.25) is 0 Å². The summed E-state index contributed by atoms with van der Waals surface area (Å²) < 4.78 is 29.6. The first-order valence-electron chi connectivity index (χ1n) is 9.96. The fraction of sp³-hybridized carbons (Fsp3) is 0.217. The van der Waals surface area contributed by atoms with Crippen LogP contribution in [0.3, 0.4) is 0 Å². The van der Waals surface area contributed by atoms with Gasteiger partial charge in [-0.15, -0.1) is 0 Å². The van der Waals surface area contributed by atoms with E-state index < -0.39 is 15.9 Å². The number of hydrogen-bond acceptors (Lipinski definition) is 4. The Kier molecular flexibility index (Phi) is 6.90. The Morgan fingerprint density at radius 1 is 1.03 bits per heavy atom. The molecule has 0 saturated heterocycles. The zero-order valence-electron chi connectivity index (χ0n) is 18.2. The molecule has 0 bridgehead atoms. The fourth-order valence-corrected chi connectivity index (χ4v) is 5.26. The van der Waals surface area contributed by atoms with Gasteiger partial charge in [0.25, 0.3) is 15.9 Å². The van der Waals surface area contributed by atoms with Crippen LogP contribution in [0, 0.1) is 13.8 Å². The van der Waals surface area contributed by atoms with Crippen LogP contribution in [-0.4, -0.2) is 25.1 Å². The Balaban J connectivity index is 1.92. The Labute approximate surface area is 195 Å². The van der Waals surface area contributed by atoms with Crippen LogP contribution in [0.1, 0.15) is 51.5 Å². The maximum atomic E-state index is 13.1. The molecule has 1 amide bonds. The zero-order chi connectivity index (χ0) is 23.6. The van der Waals surface area contributed by atoms with Crippen LogP contribution in [0.15, 0.2) is 51.8 Å². The average Bonchev–Trinajstić information content (AvgIpc) is 3.03. The number of ketones is 1. The SMILES string of the molecule is CCc1ccc(NC(=O)c2[nH]c(C)c(C(C)=O)c2C)cc1S(=O)(=O)Nc1ccc(Br)cc1. The van der Waals surface area contributed by atoms with Gasteiger partial charge >= 0.3 is 0 Å². The zero-order valence-corrected chi connectivity index (χ0v) is 20.6. The van der Waals surface area contributed by atoms with Crippen molar-refractivity contribution >= 4 is 49.0 Å². The summed E-state index contributed by atoms with van der Waals surface area (Å²) in [4.78, 5) is 27.7. The number of carbonyl (C=O) groups is 2. The van der Waals surface area contributed by atoms with Gasteiger partial charge in [0, 0.05) is 27.1 Å². The van der Waals surface area contributed by atoms with Crippen LogP contribution in [0.4, 0.5) is 11.4 Å². The number of H-pyrrole nitrogens is 1. The van der Waals surface area contributed by atoms with Crippen molar-refractivity contribution in [3.05, 3.63) is 75.0 Å². The first-order valence-corrected chi connectivity index (χ1v) is 12.2. The van der Waals surface area contributed by atoms with Crippen LogP contribution in [0.5, 0.6) is 0 Å². The third-order valence-electron chi connectivity index (χ3n) is 5.11. The second-order valence-electron chi connectivity index (χ2n) is 7.42. The summed E-state index contributed by atoms with van der Waals surface area (Å²) >= 11 is 3.32. The number of aromatic amines is 1. The van der Waals surface area contributed by atoms with Crippen LogP contribution in [-0.2, 0) is 16.4 Å². The Morgan fingerprint density at radius 2 is 1.66 bits per heavy atom. The molecule has 0 radical (unpaired) electrons. The lowest BCUT2D eigenvalue weighted by atomic mass is 10.1. The predicted molar refractivity (Wildman–Crippen MR) is 129 cm³/mol. The van der Waals surface area contributed by atoms with Crippen molar-refractivity contribution in [2.24, 2.45) is 0 Å². The number of aromatic nitrogens is 1. The Hall–Kier alpha value is -2.91. The van der Waals surface area contributed by atoms with E-state index in [1.165, 1.54) is 13.0 Å². The van der Waals surface area contributed by atoms with Crippen LogP contribution >= 0.6 is 15.9 Å². The van der Waals surface area contributed by atoms with E-state index in [-0.39, 0.29) is 16.4 Å². The molecule has 0 aliphatic heterocycles. The molecule has 0 fully saturated rings. The monoisotopic (exact) mass is 517 g/mol. The maximum Gasteiger partial charge on any atom is 0.272 e. The van der Waals surface area contributed by atoms with Gasteiger partial charge in [-0.25, -0.2) is 8.42 Å². The van der Waals surface area contributed by atoms with Crippen molar-refractivity contribution in [3.63, 3.8) is 0 Å². The number of sulfonamides is 1. The van der Waals surface area contributed by atoms with E-state index in [0.29, 0.717) is 40.2 Å². The summed E-state index contributed by atoms with van der Waals surface area (Å²) in [5, 5.41) is 2.73. The number of Topliss-reactive ketones (excluding diaryl/α,β-unsaturated/α-hetero) is 1. The van der Waals surface area contributed by atoms with Gasteiger partial charge in [-0.05, 0) is 74.7 Å². The van der Waals surface area contributed by atoms with E-state index in [1.807, 2.05) is 6.92 Å². The van der Waals surface area contributed by atoms with Gasteiger partial charge in [-0.2, -0.15) is 0 Å². The van der Waals surface area contributed by atoms with Gasteiger partial charge < -0.3 is 10.3 Å². The number of carbonyl (C=O) groups excluding carboxylic acids is 2. The third-order valence-corrected chi connectivity index (χ3v) is 7.10. The van der Waals surface area contributed by atoms with Gasteiger partial charge in [-0.3, -0.25) is 14.3 Å². The summed E-state index contributed by atoms with van der Waals surface area (Å²) in [5.41, 5.74) is 3.31. The predicted octanol–water partition coefficient (Wildman–Crippen LogP) is 5.21. The molecule has 0 spiro atoms. The van der Waals surface area contributed by atoms with Crippen molar-refractivity contribution in [1.82, 2.24) is 4.98 Å². The highest BCUT2D eigenvalue weighted by molar-refractivity contribution is 9.10. The highest BCUT2D eigenvalue weighted by Gasteiger charge is 2.22. The van der Waals surface area contributed by atoms with Crippen molar-refractivity contribution in [2.45, 2.75) is 39.0 Å². The number of amides is 1. The van der Waals surface area contributed by atoms with E-state index in [4.69, 9.17) is 0 Å². The number of hydrogen-bond donors (Lipinski definition) is 3. The number of aryl methyl sites for hydroxylation is 2. The number of rotatable bonds is 7. The minimum atomic E-state index is -3.88. The lowest BCUT2D eigenvalue weighted by molar-refractivity contribution is 0.101. The summed E-state index contributed by atoms with van der Waals surface area (Å²) in [6.45, 7) is 6.74. The lowest BCUT2D eigenvalue weighted by Gasteiger charge is -2.14. The topological polar surface area (TPSA) is 108 Å². The number of benzene rings is 2. The second kappa shape index (κ2) is 9.30. The van der Waals surface area contributed by atoms with Gasteiger partial charge in [-0.1, -0.05) is 28.9 Å². The van der Waals surface area contributed by atoms with Gasteiger partial charge in [0.1, 0.15) is 5.69 Å². The molecule has 0 saturated carbocycles. The minimum Gasteiger partial charge on any atom is -0.354 e. The fourth-order valence-electron chi connectivity index (χ4n) is 3.60. The molecule has 7 nitrogen and oxygen atoms in total. The summed E-state index contributed by atoms with van der Waals surface area (Å²) in [7, 11) is -3.88. The summed E-state index contributed by atoms with van der Waals surface area (Å²) in [6, 6.07) is 11.6. The minimum absolute atomic E-state index is 0.0875. The largest absolute Gasteiger partial charge is 0.354 e. The molecule has 9 heteroatoms. The third kappa shape index (κ3) is 4.94. The Bertz CT molecular complexity index is 1300.